The van der Waals surface area contributed by atoms with Crippen molar-refractivity contribution in [2.45, 2.75) is 38.8 Å². The van der Waals surface area contributed by atoms with Crippen LogP contribution in [0.5, 0.6) is 5.75 Å². The largest absolute Gasteiger partial charge is 0.491 e. The topological polar surface area (TPSA) is 58.6 Å². The maximum atomic E-state index is 13.0. The number of hydrogen-bond acceptors (Lipinski definition) is 3. The number of likely N-dealkylation sites (N-methyl/N-ethyl adjacent to an activating group) is 1. The lowest BCUT2D eigenvalue weighted by atomic mass is 9.95. The minimum atomic E-state index is -1.05. The molecule has 0 fully saturated rings. The number of aliphatic carboxylic acids is 1. The Labute approximate surface area is 112 Å². The van der Waals surface area contributed by atoms with E-state index < -0.39 is 11.5 Å². The van der Waals surface area contributed by atoms with Crippen LogP contribution in [0.25, 0.3) is 0 Å². The first-order chi connectivity index (χ1) is 8.87. The van der Waals surface area contributed by atoms with Gasteiger partial charge in [-0.2, -0.15) is 0 Å². The van der Waals surface area contributed by atoms with Gasteiger partial charge in [-0.1, -0.05) is 13.0 Å². The summed E-state index contributed by atoms with van der Waals surface area (Å²) in [6, 6.07) is 5.81. The highest BCUT2D eigenvalue weighted by Gasteiger charge is 2.34. The summed E-state index contributed by atoms with van der Waals surface area (Å²) in [6.45, 7) is 5.78. The molecule has 1 rings (SSSR count). The van der Waals surface area contributed by atoms with Gasteiger partial charge in [0.05, 0.1) is 6.10 Å². The monoisotopic (exact) mass is 269 g/mol. The van der Waals surface area contributed by atoms with Crippen molar-refractivity contribution in [1.29, 1.82) is 0 Å². The Balaban J connectivity index is 2.68. The van der Waals surface area contributed by atoms with Gasteiger partial charge in [0.1, 0.15) is 17.1 Å². The Morgan fingerprint density at radius 3 is 2.79 bits per heavy atom. The maximum Gasteiger partial charge on any atom is 0.323 e. The van der Waals surface area contributed by atoms with Gasteiger partial charge in [0.2, 0.25) is 0 Å². The molecule has 5 heteroatoms. The van der Waals surface area contributed by atoms with Crippen LogP contribution in [0.3, 0.4) is 0 Å². The fraction of sp³-hybridized carbons (Fsp3) is 0.500. The quantitative estimate of drug-likeness (QED) is 0.798. The zero-order valence-electron chi connectivity index (χ0n) is 11.4. The molecule has 0 bridgehead atoms. The van der Waals surface area contributed by atoms with Gasteiger partial charge in [0.25, 0.3) is 0 Å². The van der Waals surface area contributed by atoms with Crippen molar-refractivity contribution in [3.05, 3.63) is 30.1 Å². The Kier molecular flexibility index (Phi) is 5.30. The lowest BCUT2D eigenvalue weighted by molar-refractivity contribution is -0.145. The minimum Gasteiger partial charge on any atom is -0.491 e. The van der Waals surface area contributed by atoms with Crippen LogP contribution in [0, 0.1) is 5.82 Å². The summed E-state index contributed by atoms with van der Waals surface area (Å²) < 4.78 is 18.6. The zero-order valence-corrected chi connectivity index (χ0v) is 11.4. The van der Waals surface area contributed by atoms with Crippen LogP contribution in [-0.2, 0) is 4.79 Å². The molecule has 0 aromatic heterocycles. The molecule has 1 aromatic rings. The molecule has 0 saturated heterocycles. The van der Waals surface area contributed by atoms with Gasteiger partial charge in [-0.3, -0.25) is 4.79 Å². The summed E-state index contributed by atoms with van der Waals surface area (Å²) in [5, 5.41) is 12.2. The average Bonchev–Trinajstić information content (AvgIpc) is 2.28. The van der Waals surface area contributed by atoms with Crippen molar-refractivity contribution in [2.75, 3.05) is 6.54 Å². The van der Waals surface area contributed by atoms with Crippen LogP contribution < -0.4 is 10.1 Å². The molecule has 19 heavy (non-hydrogen) atoms. The van der Waals surface area contributed by atoms with Crippen molar-refractivity contribution in [3.8, 4) is 5.75 Å². The highest BCUT2D eigenvalue weighted by molar-refractivity contribution is 5.78. The molecule has 2 N–H and O–H groups in total. The summed E-state index contributed by atoms with van der Waals surface area (Å²) in [7, 11) is 0. The third-order valence-corrected chi connectivity index (χ3v) is 2.87. The van der Waals surface area contributed by atoms with E-state index in [-0.39, 0.29) is 18.3 Å². The average molecular weight is 269 g/mol. The van der Waals surface area contributed by atoms with E-state index in [0.29, 0.717) is 12.3 Å². The van der Waals surface area contributed by atoms with Gasteiger partial charge in [0.15, 0.2) is 0 Å². The molecular formula is C14H20FNO3. The van der Waals surface area contributed by atoms with Crippen molar-refractivity contribution in [2.24, 2.45) is 0 Å². The highest BCUT2D eigenvalue weighted by atomic mass is 19.1. The lowest BCUT2D eigenvalue weighted by Gasteiger charge is -2.29. The number of benzene rings is 1. The van der Waals surface area contributed by atoms with E-state index in [0.717, 1.165) is 0 Å². The second-order valence-electron chi connectivity index (χ2n) is 4.76. The van der Waals surface area contributed by atoms with Crippen LogP contribution in [0.15, 0.2) is 24.3 Å². The Morgan fingerprint density at radius 1 is 1.58 bits per heavy atom. The van der Waals surface area contributed by atoms with Gasteiger partial charge in [-0.25, -0.2) is 4.39 Å². The molecule has 0 saturated carbocycles. The van der Waals surface area contributed by atoms with Gasteiger partial charge in [-0.15, -0.1) is 0 Å². The van der Waals surface area contributed by atoms with Crippen LogP contribution in [0.1, 0.15) is 27.2 Å². The molecule has 0 aliphatic rings. The lowest BCUT2D eigenvalue weighted by Crippen LogP contribution is -2.51. The molecule has 2 atom stereocenters. The maximum absolute atomic E-state index is 13.0. The molecule has 106 valence electrons. The number of carboxylic acid groups (broad SMARTS) is 1. The summed E-state index contributed by atoms with van der Waals surface area (Å²) in [4.78, 5) is 11.3. The summed E-state index contributed by atoms with van der Waals surface area (Å²) in [5.74, 6) is -0.904. The van der Waals surface area contributed by atoms with E-state index in [4.69, 9.17) is 4.74 Å². The number of halogens is 1. The van der Waals surface area contributed by atoms with E-state index >= 15 is 0 Å². The standard InChI is InChI=1S/C14H20FNO3/c1-4-16-14(3,13(17)18)9-10(2)19-12-7-5-6-11(15)8-12/h5-8,10,16H,4,9H2,1-3H3,(H,17,18). The Morgan fingerprint density at radius 2 is 2.26 bits per heavy atom. The third-order valence-electron chi connectivity index (χ3n) is 2.87. The summed E-state index contributed by atoms with van der Waals surface area (Å²) >= 11 is 0. The van der Waals surface area contributed by atoms with Gasteiger partial charge in [-0.05, 0) is 32.5 Å². The first-order valence-electron chi connectivity index (χ1n) is 6.28. The number of hydrogen-bond donors (Lipinski definition) is 2. The number of ether oxygens (including phenoxy) is 1. The van der Waals surface area contributed by atoms with E-state index in [9.17, 15) is 14.3 Å². The molecule has 2 unspecified atom stereocenters. The Hall–Kier alpha value is -1.62. The second kappa shape index (κ2) is 6.52. The molecule has 0 aliphatic carbocycles. The summed E-state index contributed by atoms with van der Waals surface area (Å²) in [6.07, 6.45) is -0.0610. The van der Waals surface area contributed by atoms with Crippen LogP contribution in [0.2, 0.25) is 0 Å². The molecular weight excluding hydrogens is 249 g/mol. The summed E-state index contributed by atoms with van der Waals surface area (Å²) in [5.41, 5.74) is -1.05. The van der Waals surface area contributed by atoms with Crippen molar-refractivity contribution < 1.29 is 19.0 Å². The number of carbonyl (C=O) groups is 1. The van der Waals surface area contributed by atoms with E-state index in [1.54, 1.807) is 26.0 Å². The van der Waals surface area contributed by atoms with Crippen molar-refractivity contribution in [3.63, 3.8) is 0 Å². The predicted octanol–water partition coefficient (Wildman–Crippen LogP) is 2.44. The van der Waals surface area contributed by atoms with Gasteiger partial charge >= 0.3 is 5.97 Å². The zero-order chi connectivity index (χ0) is 14.5. The van der Waals surface area contributed by atoms with Gasteiger partial charge in [0, 0.05) is 12.5 Å². The van der Waals surface area contributed by atoms with Gasteiger partial charge < -0.3 is 15.2 Å². The Bertz CT molecular complexity index is 438. The smallest absolute Gasteiger partial charge is 0.323 e. The normalized spacial score (nSPS) is 15.6. The highest BCUT2D eigenvalue weighted by Crippen LogP contribution is 2.19. The first kappa shape index (κ1) is 15.4. The minimum absolute atomic E-state index is 0.284. The van der Waals surface area contributed by atoms with E-state index in [2.05, 4.69) is 5.32 Å². The molecule has 0 amide bonds. The molecule has 4 nitrogen and oxygen atoms in total. The molecule has 0 radical (unpaired) electrons. The fourth-order valence-electron chi connectivity index (χ4n) is 2.01. The number of nitrogens with one attached hydrogen (secondary N) is 1. The first-order valence-corrected chi connectivity index (χ1v) is 6.28. The second-order valence-corrected chi connectivity index (χ2v) is 4.76. The molecule has 0 heterocycles. The fourth-order valence-corrected chi connectivity index (χ4v) is 2.01. The van der Waals surface area contributed by atoms with E-state index in [1.807, 2.05) is 6.92 Å². The SMILES string of the molecule is CCNC(C)(CC(C)Oc1cccc(F)c1)C(=O)O. The number of rotatable bonds is 7. The van der Waals surface area contributed by atoms with Crippen LogP contribution >= 0.6 is 0 Å². The number of carboxylic acids is 1. The van der Waals surface area contributed by atoms with Crippen LogP contribution in [0.4, 0.5) is 4.39 Å². The molecule has 1 aromatic carbocycles. The molecule has 0 spiro atoms. The van der Waals surface area contributed by atoms with Crippen LogP contribution in [-0.4, -0.2) is 29.3 Å². The van der Waals surface area contributed by atoms with E-state index in [1.165, 1.54) is 12.1 Å². The van der Waals surface area contributed by atoms with Crippen molar-refractivity contribution >= 4 is 5.97 Å². The predicted molar refractivity (Wildman–Crippen MR) is 70.8 cm³/mol. The molecule has 0 aliphatic heterocycles. The third kappa shape index (κ3) is 4.52. The van der Waals surface area contributed by atoms with Crippen molar-refractivity contribution in [1.82, 2.24) is 5.32 Å².